The van der Waals surface area contributed by atoms with Gasteiger partial charge in [0.15, 0.2) is 0 Å². The van der Waals surface area contributed by atoms with E-state index >= 15 is 0 Å². The minimum atomic E-state index is -0.302. The third kappa shape index (κ3) is 4.59. The number of hydrogen-bond acceptors (Lipinski definition) is 3. The van der Waals surface area contributed by atoms with Crippen LogP contribution in [0.1, 0.15) is 41.6 Å². The Morgan fingerprint density at radius 1 is 1.04 bits per heavy atom. The smallest absolute Gasteiger partial charge is 0.255 e. The molecular formula is C20H22N2O3. The van der Waals surface area contributed by atoms with E-state index in [4.69, 9.17) is 0 Å². The van der Waals surface area contributed by atoms with Gasteiger partial charge in [-0.1, -0.05) is 43.2 Å². The topological polar surface area (TPSA) is 78.4 Å². The first-order chi connectivity index (χ1) is 12.1. The summed E-state index contributed by atoms with van der Waals surface area (Å²) in [6.07, 6.45) is 4.43. The molecule has 1 fully saturated rings. The zero-order chi connectivity index (χ0) is 17.6. The molecule has 5 heteroatoms. The van der Waals surface area contributed by atoms with Crippen molar-refractivity contribution in [2.24, 2.45) is 0 Å². The molecule has 2 aromatic carbocycles. The highest BCUT2D eigenvalue weighted by molar-refractivity contribution is 5.99. The van der Waals surface area contributed by atoms with Crippen LogP contribution in [-0.2, 0) is 11.2 Å². The molecule has 0 spiro atoms. The molecule has 0 bridgehead atoms. The van der Waals surface area contributed by atoms with Gasteiger partial charge >= 0.3 is 0 Å². The van der Waals surface area contributed by atoms with E-state index in [2.05, 4.69) is 10.6 Å². The van der Waals surface area contributed by atoms with Gasteiger partial charge in [0.25, 0.3) is 5.91 Å². The van der Waals surface area contributed by atoms with Crippen molar-refractivity contribution in [2.45, 2.75) is 38.1 Å². The van der Waals surface area contributed by atoms with Gasteiger partial charge in [0.2, 0.25) is 5.91 Å². The third-order valence-electron chi connectivity index (χ3n) is 4.42. The van der Waals surface area contributed by atoms with E-state index in [1.54, 1.807) is 6.07 Å². The monoisotopic (exact) mass is 338 g/mol. The fourth-order valence-electron chi connectivity index (χ4n) is 3.12. The molecule has 3 N–H and O–H groups in total. The first-order valence-corrected chi connectivity index (χ1v) is 8.59. The Bertz CT molecular complexity index is 753. The summed E-state index contributed by atoms with van der Waals surface area (Å²) < 4.78 is 0. The number of anilines is 1. The number of phenols is 1. The molecule has 1 aliphatic rings. The van der Waals surface area contributed by atoms with Crippen LogP contribution in [0.5, 0.6) is 5.75 Å². The number of carbonyl (C=O) groups excluding carboxylic acids is 2. The van der Waals surface area contributed by atoms with Crippen LogP contribution in [0.15, 0.2) is 48.5 Å². The molecule has 1 saturated carbocycles. The number of amides is 2. The van der Waals surface area contributed by atoms with Gasteiger partial charge in [0.05, 0.1) is 12.0 Å². The molecule has 2 amide bonds. The molecule has 0 aliphatic heterocycles. The van der Waals surface area contributed by atoms with Crippen LogP contribution in [0, 0.1) is 0 Å². The van der Waals surface area contributed by atoms with E-state index in [1.165, 1.54) is 12.1 Å². The summed E-state index contributed by atoms with van der Waals surface area (Å²) in [7, 11) is 0. The highest BCUT2D eigenvalue weighted by Crippen LogP contribution is 2.23. The van der Waals surface area contributed by atoms with E-state index in [-0.39, 0.29) is 35.6 Å². The maximum atomic E-state index is 12.4. The Hall–Kier alpha value is -2.82. The molecule has 5 nitrogen and oxygen atoms in total. The van der Waals surface area contributed by atoms with Crippen LogP contribution in [0.4, 0.5) is 5.69 Å². The number of phenolic OH excluding ortho intramolecular Hbond substituents is 1. The van der Waals surface area contributed by atoms with Gasteiger partial charge in [-0.2, -0.15) is 0 Å². The largest absolute Gasteiger partial charge is 0.507 e. The number of rotatable bonds is 5. The normalized spacial score (nSPS) is 14.2. The highest BCUT2D eigenvalue weighted by Gasteiger charge is 2.20. The van der Waals surface area contributed by atoms with Gasteiger partial charge in [0, 0.05) is 11.7 Å². The average Bonchev–Trinajstić information content (AvgIpc) is 3.10. The Morgan fingerprint density at radius 2 is 1.76 bits per heavy atom. The van der Waals surface area contributed by atoms with Crippen LogP contribution in [0.2, 0.25) is 0 Å². The quantitative estimate of drug-likeness (QED) is 0.732. The number of aromatic hydroxyl groups is 1. The lowest BCUT2D eigenvalue weighted by Gasteiger charge is -2.14. The number of benzene rings is 2. The summed E-state index contributed by atoms with van der Waals surface area (Å²) in [5, 5.41) is 15.7. The van der Waals surface area contributed by atoms with Gasteiger partial charge in [-0.15, -0.1) is 0 Å². The molecule has 25 heavy (non-hydrogen) atoms. The van der Waals surface area contributed by atoms with E-state index < -0.39 is 0 Å². The molecular weight excluding hydrogens is 316 g/mol. The third-order valence-corrected chi connectivity index (χ3v) is 4.42. The van der Waals surface area contributed by atoms with Crippen LogP contribution < -0.4 is 10.6 Å². The lowest BCUT2D eigenvalue weighted by Crippen LogP contribution is -2.32. The Balaban J connectivity index is 1.66. The second kappa shape index (κ2) is 7.83. The van der Waals surface area contributed by atoms with Crippen molar-refractivity contribution in [1.82, 2.24) is 5.32 Å². The van der Waals surface area contributed by atoms with E-state index in [0.29, 0.717) is 5.69 Å². The van der Waals surface area contributed by atoms with E-state index in [1.807, 2.05) is 30.3 Å². The standard InChI is InChI=1S/C20H22N2O3/c23-18-11-10-16(21-19(24)12-14-6-2-1-3-7-14)13-17(18)20(25)22-15-8-4-5-9-15/h1-3,6-7,10-11,13,15,23H,4-5,8-9,12H2,(H,21,24)(H,22,25). The summed E-state index contributed by atoms with van der Waals surface area (Å²) in [5.41, 5.74) is 1.60. The SMILES string of the molecule is O=C(Cc1ccccc1)Nc1ccc(O)c(C(=O)NC2CCCC2)c1. The summed E-state index contributed by atoms with van der Waals surface area (Å²) in [6, 6.07) is 14.1. The fraction of sp³-hybridized carbons (Fsp3) is 0.300. The first kappa shape index (κ1) is 17.0. The van der Waals surface area contributed by atoms with Crippen molar-refractivity contribution < 1.29 is 14.7 Å². The molecule has 0 saturated heterocycles. The van der Waals surface area contributed by atoms with Gasteiger partial charge < -0.3 is 15.7 Å². The van der Waals surface area contributed by atoms with Crippen molar-refractivity contribution in [2.75, 3.05) is 5.32 Å². The summed E-state index contributed by atoms with van der Waals surface area (Å²) in [6.45, 7) is 0. The lowest BCUT2D eigenvalue weighted by atomic mass is 10.1. The minimum Gasteiger partial charge on any atom is -0.507 e. The zero-order valence-electron chi connectivity index (χ0n) is 14.0. The predicted molar refractivity (Wildman–Crippen MR) is 96.6 cm³/mol. The molecule has 2 aromatic rings. The van der Waals surface area contributed by atoms with Crippen LogP contribution in [-0.4, -0.2) is 23.0 Å². The van der Waals surface area contributed by atoms with Crippen molar-refractivity contribution in [3.63, 3.8) is 0 Å². The van der Waals surface area contributed by atoms with Gasteiger partial charge in [-0.25, -0.2) is 0 Å². The van der Waals surface area contributed by atoms with Crippen molar-refractivity contribution in [1.29, 1.82) is 0 Å². The molecule has 0 atom stereocenters. The Kier molecular flexibility index (Phi) is 5.33. The number of carbonyl (C=O) groups is 2. The minimum absolute atomic E-state index is 0.0865. The average molecular weight is 338 g/mol. The van der Waals surface area contributed by atoms with Gasteiger partial charge in [-0.05, 0) is 36.6 Å². The van der Waals surface area contributed by atoms with Crippen LogP contribution >= 0.6 is 0 Å². The fourth-order valence-corrected chi connectivity index (χ4v) is 3.12. The summed E-state index contributed by atoms with van der Waals surface area (Å²) in [4.78, 5) is 24.5. The van der Waals surface area contributed by atoms with Crippen LogP contribution in [0.25, 0.3) is 0 Å². The predicted octanol–water partition coefficient (Wildman–Crippen LogP) is 3.25. The lowest BCUT2D eigenvalue weighted by molar-refractivity contribution is -0.115. The molecule has 0 radical (unpaired) electrons. The van der Waals surface area contributed by atoms with Crippen LogP contribution in [0.3, 0.4) is 0 Å². The maximum Gasteiger partial charge on any atom is 0.255 e. The highest BCUT2D eigenvalue weighted by atomic mass is 16.3. The summed E-state index contributed by atoms with van der Waals surface area (Å²) in [5.74, 6) is -0.556. The van der Waals surface area contributed by atoms with Crippen molar-refractivity contribution in [3.05, 3.63) is 59.7 Å². The molecule has 0 aromatic heterocycles. The summed E-state index contributed by atoms with van der Waals surface area (Å²) >= 11 is 0. The van der Waals surface area contributed by atoms with Crippen molar-refractivity contribution >= 4 is 17.5 Å². The van der Waals surface area contributed by atoms with Gasteiger partial charge in [-0.3, -0.25) is 9.59 Å². The number of hydrogen-bond donors (Lipinski definition) is 3. The first-order valence-electron chi connectivity index (χ1n) is 8.59. The molecule has 0 heterocycles. The van der Waals surface area contributed by atoms with E-state index in [9.17, 15) is 14.7 Å². The Morgan fingerprint density at radius 3 is 2.48 bits per heavy atom. The number of nitrogens with one attached hydrogen (secondary N) is 2. The second-order valence-electron chi connectivity index (χ2n) is 6.40. The zero-order valence-corrected chi connectivity index (χ0v) is 14.0. The van der Waals surface area contributed by atoms with Crippen molar-refractivity contribution in [3.8, 4) is 5.75 Å². The molecule has 3 rings (SSSR count). The second-order valence-corrected chi connectivity index (χ2v) is 6.40. The molecule has 1 aliphatic carbocycles. The maximum absolute atomic E-state index is 12.4. The molecule has 130 valence electrons. The Labute approximate surface area is 147 Å². The molecule has 0 unspecified atom stereocenters. The van der Waals surface area contributed by atoms with Gasteiger partial charge in [0.1, 0.15) is 5.75 Å². The van der Waals surface area contributed by atoms with E-state index in [0.717, 1.165) is 31.2 Å².